The van der Waals surface area contributed by atoms with Crippen molar-refractivity contribution in [1.29, 1.82) is 0 Å². The van der Waals surface area contributed by atoms with Crippen molar-refractivity contribution in [1.82, 2.24) is 15.1 Å². The number of aromatic amines is 1. The van der Waals surface area contributed by atoms with Gasteiger partial charge in [0, 0.05) is 12.2 Å². The fourth-order valence-electron chi connectivity index (χ4n) is 3.39. The van der Waals surface area contributed by atoms with E-state index in [2.05, 4.69) is 10.2 Å². The van der Waals surface area contributed by atoms with Crippen molar-refractivity contribution in [2.75, 3.05) is 13.7 Å². The van der Waals surface area contributed by atoms with Crippen molar-refractivity contribution in [3.63, 3.8) is 0 Å². The molecule has 2 heterocycles. The first-order valence-corrected chi connectivity index (χ1v) is 8.13. The van der Waals surface area contributed by atoms with Crippen LogP contribution < -0.4 is 4.74 Å². The van der Waals surface area contributed by atoms with E-state index in [1.165, 1.54) is 0 Å². The van der Waals surface area contributed by atoms with Crippen molar-refractivity contribution in [3.05, 3.63) is 47.3 Å². The summed E-state index contributed by atoms with van der Waals surface area (Å²) in [7, 11) is 1.61. The second kappa shape index (κ2) is 6.28. The Balaban J connectivity index is 1.86. The third-order valence-electron chi connectivity index (χ3n) is 4.76. The van der Waals surface area contributed by atoms with Crippen LogP contribution in [0.25, 0.3) is 0 Å². The number of benzene rings is 1. The minimum Gasteiger partial charge on any atom is -0.497 e. The average Bonchev–Trinajstić information content (AvgIpc) is 3.23. The molecule has 1 amide bonds. The van der Waals surface area contributed by atoms with Gasteiger partial charge in [-0.25, -0.2) is 0 Å². The van der Waals surface area contributed by atoms with Crippen LogP contribution in [0.15, 0.2) is 30.3 Å². The van der Waals surface area contributed by atoms with Crippen LogP contribution in [0, 0.1) is 6.92 Å². The van der Waals surface area contributed by atoms with E-state index in [0.29, 0.717) is 12.2 Å². The van der Waals surface area contributed by atoms with Gasteiger partial charge in [0.25, 0.3) is 5.91 Å². The lowest BCUT2D eigenvalue weighted by atomic mass is 9.86. The molecule has 0 aliphatic carbocycles. The molecule has 1 saturated heterocycles. The second-order valence-electron chi connectivity index (χ2n) is 6.47. The maximum atomic E-state index is 12.8. The van der Waals surface area contributed by atoms with Gasteiger partial charge in [0.05, 0.1) is 13.2 Å². The Labute approximate surface area is 141 Å². The van der Waals surface area contributed by atoms with E-state index in [1.54, 1.807) is 25.0 Å². The molecular weight excluding hydrogens is 306 g/mol. The topological polar surface area (TPSA) is 78.5 Å². The molecule has 0 saturated carbocycles. The molecule has 6 heteroatoms. The van der Waals surface area contributed by atoms with Crippen LogP contribution in [0.4, 0.5) is 0 Å². The molecule has 1 aromatic carbocycles. The van der Waals surface area contributed by atoms with Gasteiger partial charge in [-0.15, -0.1) is 0 Å². The lowest BCUT2D eigenvalue weighted by molar-refractivity contribution is -0.0179. The number of hydrogen-bond acceptors (Lipinski definition) is 4. The average molecular weight is 329 g/mol. The van der Waals surface area contributed by atoms with Crippen LogP contribution in [-0.2, 0) is 5.60 Å². The summed E-state index contributed by atoms with van der Waals surface area (Å²) >= 11 is 0. The van der Waals surface area contributed by atoms with Crippen LogP contribution in [0.2, 0.25) is 0 Å². The van der Waals surface area contributed by atoms with E-state index < -0.39 is 5.60 Å². The normalized spacial score (nSPS) is 20.0. The summed E-state index contributed by atoms with van der Waals surface area (Å²) in [4.78, 5) is 14.5. The maximum Gasteiger partial charge on any atom is 0.274 e. The Morgan fingerprint density at radius 3 is 2.71 bits per heavy atom. The molecule has 128 valence electrons. The monoisotopic (exact) mass is 329 g/mol. The zero-order chi connectivity index (χ0) is 17.3. The van der Waals surface area contributed by atoms with Gasteiger partial charge >= 0.3 is 0 Å². The number of amides is 1. The Hall–Kier alpha value is -2.34. The molecule has 6 nitrogen and oxygen atoms in total. The predicted octanol–water partition coefficient (Wildman–Crippen LogP) is 2.24. The molecule has 0 spiro atoms. The number of rotatable bonds is 4. The standard InChI is InChI=1S/C18H23N3O3/c1-12-11-15(20-19-12)17(22)21-10-4-5-16(21)18(2,23)13-6-8-14(24-3)9-7-13/h6-9,11,16,23H,4-5,10H2,1-3H3,(H,19,20)/t16-,18-/m1/s1. The van der Waals surface area contributed by atoms with Crippen molar-refractivity contribution in [2.24, 2.45) is 0 Å². The first-order valence-electron chi connectivity index (χ1n) is 8.13. The fourth-order valence-corrected chi connectivity index (χ4v) is 3.39. The lowest BCUT2D eigenvalue weighted by Gasteiger charge is -2.36. The Bertz CT molecular complexity index is 721. The number of aromatic nitrogens is 2. The van der Waals surface area contributed by atoms with Crippen LogP contribution in [0.5, 0.6) is 5.75 Å². The molecule has 2 atom stereocenters. The van der Waals surface area contributed by atoms with E-state index in [-0.39, 0.29) is 11.9 Å². The zero-order valence-electron chi connectivity index (χ0n) is 14.2. The van der Waals surface area contributed by atoms with Crippen LogP contribution in [0.1, 0.15) is 41.5 Å². The number of aliphatic hydroxyl groups is 1. The first kappa shape index (κ1) is 16.5. The molecule has 1 aliphatic heterocycles. The largest absolute Gasteiger partial charge is 0.497 e. The molecule has 1 aliphatic rings. The molecule has 1 fully saturated rings. The Morgan fingerprint density at radius 1 is 1.42 bits per heavy atom. The molecule has 0 unspecified atom stereocenters. The van der Waals surface area contributed by atoms with Gasteiger partial charge in [0.15, 0.2) is 0 Å². The summed E-state index contributed by atoms with van der Waals surface area (Å²) in [6.07, 6.45) is 1.63. The summed E-state index contributed by atoms with van der Waals surface area (Å²) in [5.74, 6) is 0.594. The molecular formula is C18H23N3O3. The highest BCUT2D eigenvalue weighted by Gasteiger charge is 2.43. The SMILES string of the molecule is COc1ccc([C@@](C)(O)[C@H]2CCCN2C(=O)c2cc(C)[nH]n2)cc1. The molecule has 3 rings (SSSR count). The number of nitrogens with zero attached hydrogens (tertiary/aromatic N) is 2. The minimum absolute atomic E-state index is 0.143. The van der Waals surface area contributed by atoms with Crippen LogP contribution >= 0.6 is 0 Å². The van der Waals surface area contributed by atoms with E-state index in [4.69, 9.17) is 4.74 Å². The number of aryl methyl sites for hydroxylation is 1. The number of carbonyl (C=O) groups is 1. The molecule has 0 bridgehead atoms. The van der Waals surface area contributed by atoms with Crippen LogP contribution in [0.3, 0.4) is 0 Å². The van der Waals surface area contributed by atoms with Crippen molar-refractivity contribution < 1.29 is 14.6 Å². The highest BCUT2D eigenvalue weighted by molar-refractivity contribution is 5.92. The van der Waals surface area contributed by atoms with E-state index in [1.807, 2.05) is 31.2 Å². The van der Waals surface area contributed by atoms with E-state index >= 15 is 0 Å². The van der Waals surface area contributed by atoms with Crippen molar-refractivity contribution in [3.8, 4) is 5.75 Å². The predicted molar refractivity (Wildman–Crippen MR) is 89.9 cm³/mol. The van der Waals surface area contributed by atoms with E-state index in [0.717, 1.165) is 29.8 Å². The number of carbonyl (C=O) groups excluding carboxylic acids is 1. The lowest BCUT2D eigenvalue weighted by Crippen LogP contribution is -2.48. The number of nitrogens with one attached hydrogen (secondary N) is 1. The summed E-state index contributed by atoms with van der Waals surface area (Å²) < 4.78 is 5.17. The fraction of sp³-hybridized carbons (Fsp3) is 0.444. The number of ether oxygens (including phenoxy) is 1. The molecule has 2 aromatic rings. The summed E-state index contributed by atoms with van der Waals surface area (Å²) in [6.45, 7) is 4.25. The van der Waals surface area contributed by atoms with Gasteiger partial charge in [0.1, 0.15) is 17.0 Å². The van der Waals surface area contributed by atoms with Gasteiger partial charge < -0.3 is 14.7 Å². The number of hydrogen-bond donors (Lipinski definition) is 2. The van der Waals surface area contributed by atoms with E-state index in [9.17, 15) is 9.90 Å². The number of methoxy groups -OCH3 is 1. The number of likely N-dealkylation sites (tertiary alicyclic amines) is 1. The van der Waals surface area contributed by atoms with Gasteiger partial charge in [-0.05, 0) is 50.5 Å². The number of H-pyrrole nitrogens is 1. The summed E-state index contributed by atoms with van der Waals surface area (Å²) in [5, 5.41) is 18.0. The zero-order valence-corrected chi connectivity index (χ0v) is 14.2. The second-order valence-corrected chi connectivity index (χ2v) is 6.47. The summed E-state index contributed by atoms with van der Waals surface area (Å²) in [5.41, 5.74) is 0.871. The Morgan fingerprint density at radius 2 is 2.12 bits per heavy atom. The third-order valence-corrected chi connectivity index (χ3v) is 4.76. The maximum absolute atomic E-state index is 12.8. The van der Waals surface area contributed by atoms with Crippen LogP contribution in [-0.4, -0.2) is 45.8 Å². The minimum atomic E-state index is -1.14. The molecule has 1 aromatic heterocycles. The highest BCUT2D eigenvalue weighted by atomic mass is 16.5. The first-order chi connectivity index (χ1) is 11.4. The van der Waals surface area contributed by atoms with Gasteiger partial charge in [-0.1, -0.05) is 12.1 Å². The highest BCUT2D eigenvalue weighted by Crippen LogP contribution is 2.36. The van der Waals surface area contributed by atoms with Gasteiger partial charge in [-0.3, -0.25) is 9.89 Å². The van der Waals surface area contributed by atoms with Gasteiger partial charge in [0.2, 0.25) is 0 Å². The quantitative estimate of drug-likeness (QED) is 0.902. The Kier molecular flexibility index (Phi) is 4.32. The molecule has 24 heavy (non-hydrogen) atoms. The smallest absolute Gasteiger partial charge is 0.274 e. The molecule has 2 N–H and O–H groups in total. The van der Waals surface area contributed by atoms with Gasteiger partial charge in [-0.2, -0.15) is 5.10 Å². The molecule has 0 radical (unpaired) electrons. The van der Waals surface area contributed by atoms with Crippen molar-refractivity contribution in [2.45, 2.75) is 38.3 Å². The summed E-state index contributed by atoms with van der Waals surface area (Å²) in [6, 6.07) is 8.79. The third kappa shape index (κ3) is 2.89. The van der Waals surface area contributed by atoms with Crippen molar-refractivity contribution >= 4 is 5.91 Å².